The summed E-state index contributed by atoms with van der Waals surface area (Å²) < 4.78 is 0. The number of aliphatic hydroxyl groups excluding tert-OH is 1. The largest absolute Gasteiger partial charge is 0.389 e. The highest BCUT2D eigenvalue weighted by Gasteiger charge is 2.24. The molecule has 0 aromatic carbocycles. The maximum absolute atomic E-state index is 9.05. The fourth-order valence-corrected chi connectivity index (χ4v) is 1.31. The van der Waals surface area contributed by atoms with E-state index < -0.39 is 0 Å². The first-order valence-electron chi connectivity index (χ1n) is 4.12. The normalized spacial score (nSPS) is 22.9. The topological polar surface area (TPSA) is 20.2 Å². The molecule has 0 saturated heterocycles. The zero-order valence-electron chi connectivity index (χ0n) is 6.80. The van der Waals surface area contributed by atoms with Gasteiger partial charge in [0.05, 0.1) is 6.10 Å². The Balaban J connectivity index is 2.45. The SMILES string of the molecule is CC/C(=C/C(C)O)C1CC1. The quantitative estimate of drug-likeness (QED) is 0.595. The van der Waals surface area contributed by atoms with Crippen molar-refractivity contribution in [2.24, 2.45) is 5.92 Å². The minimum atomic E-state index is -0.254. The summed E-state index contributed by atoms with van der Waals surface area (Å²) >= 11 is 0. The first-order chi connectivity index (χ1) is 4.74. The molecule has 1 N–H and O–H groups in total. The second-order valence-corrected chi connectivity index (χ2v) is 3.11. The molecule has 1 heteroatoms. The summed E-state index contributed by atoms with van der Waals surface area (Å²) in [6.45, 7) is 3.98. The number of rotatable bonds is 3. The molecule has 1 aliphatic rings. The average molecular weight is 140 g/mol. The smallest absolute Gasteiger partial charge is 0.0695 e. The first-order valence-corrected chi connectivity index (χ1v) is 4.12. The van der Waals surface area contributed by atoms with Gasteiger partial charge < -0.3 is 5.11 Å². The van der Waals surface area contributed by atoms with E-state index in [9.17, 15) is 0 Å². The Morgan fingerprint density at radius 1 is 1.70 bits per heavy atom. The summed E-state index contributed by atoms with van der Waals surface area (Å²) in [6.07, 6.45) is 5.53. The van der Waals surface area contributed by atoms with Crippen molar-refractivity contribution < 1.29 is 5.11 Å². The molecule has 1 aliphatic carbocycles. The van der Waals surface area contributed by atoms with Crippen molar-refractivity contribution in [3.8, 4) is 0 Å². The van der Waals surface area contributed by atoms with Crippen molar-refractivity contribution in [2.75, 3.05) is 0 Å². The minimum Gasteiger partial charge on any atom is -0.389 e. The van der Waals surface area contributed by atoms with Crippen LogP contribution in [0.5, 0.6) is 0 Å². The standard InChI is InChI=1S/C9H16O/c1-3-8(6-7(2)10)9-4-5-9/h6-7,9-10H,3-5H2,1-2H3/b8-6-. The zero-order chi connectivity index (χ0) is 7.56. The third-order valence-electron chi connectivity index (χ3n) is 1.97. The van der Waals surface area contributed by atoms with E-state index in [4.69, 9.17) is 5.11 Å². The Morgan fingerprint density at radius 2 is 2.30 bits per heavy atom. The van der Waals surface area contributed by atoms with Gasteiger partial charge in [-0.15, -0.1) is 0 Å². The van der Waals surface area contributed by atoms with E-state index in [2.05, 4.69) is 6.92 Å². The van der Waals surface area contributed by atoms with Crippen molar-refractivity contribution in [3.63, 3.8) is 0 Å². The van der Waals surface area contributed by atoms with E-state index in [1.165, 1.54) is 18.4 Å². The fourth-order valence-electron chi connectivity index (χ4n) is 1.31. The number of hydrogen-bond donors (Lipinski definition) is 1. The van der Waals surface area contributed by atoms with Crippen LogP contribution in [-0.2, 0) is 0 Å². The summed E-state index contributed by atoms with van der Waals surface area (Å²) in [7, 11) is 0. The Bertz CT molecular complexity index is 132. The molecule has 0 aliphatic heterocycles. The van der Waals surface area contributed by atoms with E-state index in [0.29, 0.717) is 0 Å². The van der Waals surface area contributed by atoms with Crippen LogP contribution in [0.25, 0.3) is 0 Å². The van der Waals surface area contributed by atoms with Gasteiger partial charge in [0.1, 0.15) is 0 Å². The molecule has 58 valence electrons. The Labute approximate surface area is 62.8 Å². The zero-order valence-corrected chi connectivity index (χ0v) is 6.80. The molecular weight excluding hydrogens is 124 g/mol. The van der Waals surface area contributed by atoms with Crippen LogP contribution >= 0.6 is 0 Å². The van der Waals surface area contributed by atoms with Gasteiger partial charge in [-0.25, -0.2) is 0 Å². The van der Waals surface area contributed by atoms with Gasteiger partial charge in [-0.1, -0.05) is 18.6 Å². The van der Waals surface area contributed by atoms with Gasteiger partial charge >= 0.3 is 0 Å². The molecule has 0 spiro atoms. The molecule has 1 unspecified atom stereocenters. The van der Waals surface area contributed by atoms with Crippen LogP contribution in [0, 0.1) is 5.92 Å². The van der Waals surface area contributed by atoms with Gasteiger partial charge in [0.15, 0.2) is 0 Å². The maximum Gasteiger partial charge on any atom is 0.0695 e. The van der Waals surface area contributed by atoms with Crippen molar-refractivity contribution in [1.82, 2.24) is 0 Å². The van der Waals surface area contributed by atoms with Gasteiger partial charge in [0.25, 0.3) is 0 Å². The predicted molar refractivity (Wildman–Crippen MR) is 42.8 cm³/mol. The number of aliphatic hydroxyl groups is 1. The van der Waals surface area contributed by atoms with Crippen LogP contribution in [0.4, 0.5) is 0 Å². The Hall–Kier alpha value is -0.300. The van der Waals surface area contributed by atoms with Crippen molar-refractivity contribution >= 4 is 0 Å². The van der Waals surface area contributed by atoms with E-state index >= 15 is 0 Å². The highest BCUT2D eigenvalue weighted by Crippen LogP contribution is 2.37. The molecule has 10 heavy (non-hydrogen) atoms. The van der Waals surface area contributed by atoms with Crippen molar-refractivity contribution in [1.29, 1.82) is 0 Å². The molecule has 0 aromatic rings. The van der Waals surface area contributed by atoms with Gasteiger partial charge in [-0.05, 0) is 32.1 Å². The van der Waals surface area contributed by atoms with E-state index in [1.807, 2.05) is 13.0 Å². The van der Waals surface area contributed by atoms with Crippen LogP contribution in [0.15, 0.2) is 11.6 Å². The highest BCUT2D eigenvalue weighted by atomic mass is 16.3. The van der Waals surface area contributed by atoms with E-state index in [1.54, 1.807) is 0 Å². The first kappa shape index (κ1) is 7.80. The molecule has 1 nitrogen and oxygen atoms in total. The third kappa shape index (κ3) is 2.14. The lowest BCUT2D eigenvalue weighted by Crippen LogP contribution is -1.96. The van der Waals surface area contributed by atoms with Crippen LogP contribution in [0.2, 0.25) is 0 Å². The van der Waals surface area contributed by atoms with Crippen molar-refractivity contribution in [2.45, 2.75) is 39.2 Å². The maximum atomic E-state index is 9.05. The minimum absolute atomic E-state index is 0.254. The molecule has 1 saturated carbocycles. The van der Waals surface area contributed by atoms with Crippen LogP contribution < -0.4 is 0 Å². The molecule has 1 rings (SSSR count). The van der Waals surface area contributed by atoms with Crippen LogP contribution in [0.3, 0.4) is 0 Å². The monoisotopic (exact) mass is 140 g/mol. The summed E-state index contributed by atoms with van der Waals surface area (Å²) in [5, 5.41) is 9.05. The summed E-state index contributed by atoms with van der Waals surface area (Å²) in [5.74, 6) is 0.819. The molecule has 0 radical (unpaired) electrons. The van der Waals surface area contributed by atoms with Gasteiger partial charge in [-0.2, -0.15) is 0 Å². The van der Waals surface area contributed by atoms with Gasteiger partial charge in [0.2, 0.25) is 0 Å². The second-order valence-electron chi connectivity index (χ2n) is 3.11. The number of hydrogen-bond acceptors (Lipinski definition) is 1. The van der Waals surface area contributed by atoms with Gasteiger partial charge in [-0.3, -0.25) is 0 Å². The lowest BCUT2D eigenvalue weighted by molar-refractivity contribution is 0.242. The second kappa shape index (κ2) is 3.20. The van der Waals surface area contributed by atoms with Crippen LogP contribution in [0.1, 0.15) is 33.1 Å². The molecule has 0 amide bonds. The average Bonchev–Trinajstić information content (AvgIpc) is 2.63. The molecule has 0 aromatic heterocycles. The van der Waals surface area contributed by atoms with Crippen LogP contribution in [-0.4, -0.2) is 11.2 Å². The Morgan fingerprint density at radius 3 is 2.60 bits per heavy atom. The summed E-state index contributed by atoms with van der Waals surface area (Å²) in [4.78, 5) is 0. The molecule has 1 fully saturated rings. The molecule has 0 bridgehead atoms. The third-order valence-corrected chi connectivity index (χ3v) is 1.97. The fraction of sp³-hybridized carbons (Fsp3) is 0.778. The lowest BCUT2D eigenvalue weighted by atomic mass is 10.1. The van der Waals surface area contributed by atoms with E-state index in [-0.39, 0.29) is 6.10 Å². The molecule has 0 heterocycles. The summed E-state index contributed by atoms with van der Waals surface area (Å²) in [6, 6.07) is 0. The molecular formula is C9H16O. The summed E-state index contributed by atoms with van der Waals surface area (Å²) in [5.41, 5.74) is 1.45. The van der Waals surface area contributed by atoms with E-state index in [0.717, 1.165) is 12.3 Å². The highest BCUT2D eigenvalue weighted by molar-refractivity contribution is 5.13. The van der Waals surface area contributed by atoms with Gasteiger partial charge in [0, 0.05) is 0 Å². The number of allylic oxidation sites excluding steroid dienone is 1. The predicted octanol–water partition coefficient (Wildman–Crippen LogP) is 2.11. The van der Waals surface area contributed by atoms with Crippen molar-refractivity contribution in [3.05, 3.63) is 11.6 Å². The molecule has 1 atom stereocenters. The Kier molecular flexibility index (Phi) is 2.50. The lowest BCUT2D eigenvalue weighted by Gasteiger charge is -2.02.